The largest absolute Gasteiger partial charge is 0.382 e. The molecule has 0 aromatic carbocycles. The predicted molar refractivity (Wildman–Crippen MR) is 59.9 cm³/mol. The second-order valence-corrected chi connectivity index (χ2v) is 4.16. The quantitative estimate of drug-likeness (QED) is 0.847. The number of aliphatic hydroxyl groups is 1. The first kappa shape index (κ1) is 10.9. The Morgan fingerprint density at radius 2 is 2.12 bits per heavy atom. The van der Waals surface area contributed by atoms with Crippen LogP contribution in [0.2, 0.25) is 0 Å². The summed E-state index contributed by atoms with van der Waals surface area (Å²) >= 11 is 0. The van der Waals surface area contributed by atoms with E-state index < -0.39 is 6.10 Å². The van der Waals surface area contributed by atoms with E-state index in [1.54, 1.807) is 16.9 Å². The van der Waals surface area contributed by atoms with Gasteiger partial charge in [-0.3, -0.25) is 9.36 Å². The van der Waals surface area contributed by atoms with Crippen LogP contribution < -0.4 is 0 Å². The minimum atomic E-state index is -0.700. The van der Waals surface area contributed by atoms with E-state index in [1.807, 2.05) is 38.0 Å². The van der Waals surface area contributed by atoms with E-state index in [-0.39, 0.29) is 0 Å². The van der Waals surface area contributed by atoms with Gasteiger partial charge < -0.3 is 5.11 Å². The summed E-state index contributed by atoms with van der Waals surface area (Å²) in [7, 11) is 1.83. The molecule has 1 atom stereocenters. The van der Waals surface area contributed by atoms with Crippen LogP contribution in [0.4, 0.5) is 0 Å². The maximum atomic E-state index is 10.1. The monoisotopic (exact) mass is 220 g/mol. The van der Waals surface area contributed by atoms with Gasteiger partial charge >= 0.3 is 0 Å². The van der Waals surface area contributed by atoms with Crippen molar-refractivity contribution >= 4 is 0 Å². The Hall–Kier alpha value is -1.62. The first-order valence-corrected chi connectivity index (χ1v) is 5.29. The van der Waals surface area contributed by atoms with Gasteiger partial charge in [0.15, 0.2) is 0 Å². The summed E-state index contributed by atoms with van der Waals surface area (Å²) in [6.45, 7) is 4.09. The zero-order valence-electron chi connectivity index (χ0n) is 9.70. The third-order valence-electron chi connectivity index (χ3n) is 2.48. The van der Waals surface area contributed by atoms with Gasteiger partial charge in [-0.1, -0.05) is 0 Å². The van der Waals surface area contributed by atoms with Crippen molar-refractivity contribution in [2.24, 2.45) is 7.05 Å². The number of aliphatic hydroxyl groups excluding tert-OH is 1. The molecular formula is C11H16N4O. The highest BCUT2D eigenvalue weighted by molar-refractivity contribution is 5.20. The fourth-order valence-electron chi connectivity index (χ4n) is 1.53. The molecule has 1 unspecified atom stereocenters. The molecule has 0 amide bonds. The van der Waals surface area contributed by atoms with Crippen molar-refractivity contribution in [2.75, 3.05) is 0 Å². The van der Waals surface area contributed by atoms with E-state index in [2.05, 4.69) is 10.2 Å². The van der Waals surface area contributed by atoms with Gasteiger partial charge in [0, 0.05) is 31.0 Å². The standard InChI is InChI=1S/C11H16N4O/c1-8(2)15-7-9(6-12-15)11(16)10-4-5-14(3)13-10/h4-8,11,16H,1-3H3. The van der Waals surface area contributed by atoms with E-state index in [0.29, 0.717) is 11.7 Å². The van der Waals surface area contributed by atoms with Crippen molar-refractivity contribution < 1.29 is 5.11 Å². The molecule has 2 rings (SSSR count). The number of hydrogen-bond acceptors (Lipinski definition) is 3. The van der Waals surface area contributed by atoms with Crippen molar-refractivity contribution in [3.05, 3.63) is 35.9 Å². The van der Waals surface area contributed by atoms with Gasteiger partial charge in [0.05, 0.1) is 11.9 Å². The molecule has 0 spiro atoms. The summed E-state index contributed by atoms with van der Waals surface area (Å²) in [6, 6.07) is 2.10. The van der Waals surface area contributed by atoms with Crippen LogP contribution in [-0.2, 0) is 7.05 Å². The second kappa shape index (κ2) is 4.09. The molecule has 0 aliphatic carbocycles. The van der Waals surface area contributed by atoms with Gasteiger partial charge in [0.1, 0.15) is 6.10 Å². The molecule has 2 heterocycles. The van der Waals surface area contributed by atoms with Crippen LogP contribution in [0.1, 0.15) is 37.3 Å². The van der Waals surface area contributed by atoms with E-state index in [0.717, 1.165) is 5.56 Å². The van der Waals surface area contributed by atoms with Crippen LogP contribution in [0.3, 0.4) is 0 Å². The predicted octanol–water partition coefficient (Wildman–Crippen LogP) is 1.28. The molecule has 16 heavy (non-hydrogen) atoms. The molecule has 2 aromatic rings. The van der Waals surface area contributed by atoms with Gasteiger partial charge in [-0.05, 0) is 19.9 Å². The maximum Gasteiger partial charge on any atom is 0.126 e. The molecule has 0 aliphatic rings. The lowest BCUT2D eigenvalue weighted by atomic mass is 10.1. The van der Waals surface area contributed by atoms with Crippen molar-refractivity contribution in [2.45, 2.75) is 26.0 Å². The highest BCUT2D eigenvalue weighted by Gasteiger charge is 2.15. The minimum Gasteiger partial charge on any atom is -0.382 e. The molecule has 0 saturated heterocycles. The van der Waals surface area contributed by atoms with Crippen molar-refractivity contribution in [3.8, 4) is 0 Å². The summed E-state index contributed by atoms with van der Waals surface area (Å²) in [6.07, 6.45) is 4.64. The van der Waals surface area contributed by atoms with Gasteiger partial charge in [0.25, 0.3) is 0 Å². The molecule has 0 aliphatic heterocycles. The van der Waals surface area contributed by atoms with Gasteiger partial charge in [-0.2, -0.15) is 10.2 Å². The molecule has 86 valence electrons. The fraction of sp³-hybridized carbons (Fsp3) is 0.455. The first-order chi connectivity index (χ1) is 7.58. The number of aryl methyl sites for hydroxylation is 1. The van der Waals surface area contributed by atoms with E-state index in [9.17, 15) is 5.11 Å². The number of hydrogen-bond donors (Lipinski definition) is 1. The highest BCUT2D eigenvalue weighted by atomic mass is 16.3. The molecule has 0 saturated carbocycles. The third kappa shape index (κ3) is 1.99. The van der Waals surface area contributed by atoms with Crippen molar-refractivity contribution in [3.63, 3.8) is 0 Å². The first-order valence-electron chi connectivity index (χ1n) is 5.29. The number of aromatic nitrogens is 4. The summed E-state index contributed by atoms with van der Waals surface area (Å²) in [4.78, 5) is 0. The van der Waals surface area contributed by atoms with E-state index in [1.165, 1.54) is 0 Å². The van der Waals surface area contributed by atoms with E-state index in [4.69, 9.17) is 0 Å². The van der Waals surface area contributed by atoms with Gasteiger partial charge in [-0.15, -0.1) is 0 Å². The molecule has 0 fully saturated rings. The van der Waals surface area contributed by atoms with Crippen LogP contribution in [-0.4, -0.2) is 24.7 Å². The Morgan fingerprint density at radius 1 is 1.38 bits per heavy atom. The molecule has 5 heteroatoms. The van der Waals surface area contributed by atoms with Crippen LogP contribution in [0.15, 0.2) is 24.7 Å². The van der Waals surface area contributed by atoms with E-state index >= 15 is 0 Å². The normalized spacial score (nSPS) is 13.3. The topological polar surface area (TPSA) is 55.9 Å². The molecule has 5 nitrogen and oxygen atoms in total. The Bertz CT molecular complexity index is 472. The summed E-state index contributed by atoms with van der Waals surface area (Å²) < 4.78 is 3.49. The third-order valence-corrected chi connectivity index (χ3v) is 2.48. The Morgan fingerprint density at radius 3 is 2.62 bits per heavy atom. The summed E-state index contributed by atoms with van der Waals surface area (Å²) in [5.41, 5.74) is 1.42. The molecule has 0 radical (unpaired) electrons. The SMILES string of the molecule is CC(C)n1cc(C(O)c2ccn(C)n2)cn1. The maximum absolute atomic E-state index is 10.1. The lowest BCUT2D eigenvalue weighted by molar-refractivity contribution is 0.214. The Balaban J connectivity index is 2.23. The Kier molecular flexibility index (Phi) is 2.78. The molecule has 1 N–H and O–H groups in total. The summed E-state index contributed by atoms with van der Waals surface area (Å²) in [5, 5.41) is 18.4. The smallest absolute Gasteiger partial charge is 0.126 e. The van der Waals surface area contributed by atoms with Crippen LogP contribution in [0.5, 0.6) is 0 Å². The lowest BCUT2D eigenvalue weighted by Gasteiger charge is -2.05. The minimum absolute atomic E-state index is 0.296. The van der Waals surface area contributed by atoms with Gasteiger partial charge in [-0.25, -0.2) is 0 Å². The summed E-state index contributed by atoms with van der Waals surface area (Å²) in [5.74, 6) is 0. The van der Waals surface area contributed by atoms with Gasteiger partial charge in [0.2, 0.25) is 0 Å². The molecular weight excluding hydrogens is 204 g/mol. The second-order valence-electron chi connectivity index (χ2n) is 4.16. The van der Waals surface area contributed by atoms with Crippen LogP contribution in [0.25, 0.3) is 0 Å². The zero-order valence-corrected chi connectivity index (χ0v) is 9.70. The lowest BCUT2D eigenvalue weighted by Crippen LogP contribution is -2.02. The average molecular weight is 220 g/mol. The van der Waals surface area contributed by atoms with Crippen LogP contribution >= 0.6 is 0 Å². The molecule has 2 aromatic heterocycles. The van der Waals surface area contributed by atoms with Crippen LogP contribution in [0, 0.1) is 0 Å². The number of nitrogens with zero attached hydrogens (tertiary/aromatic N) is 4. The number of rotatable bonds is 3. The fourth-order valence-corrected chi connectivity index (χ4v) is 1.53. The zero-order chi connectivity index (χ0) is 11.7. The van der Waals surface area contributed by atoms with Crippen molar-refractivity contribution in [1.29, 1.82) is 0 Å². The molecule has 0 bridgehead atoms. The average Bonchev–Trinajstić information content (AvgIpc) is 2.84. The van der Waals surface area contributed by atoms with Crippen molar-refractivity contribution in [1.82, 2.24) is 19.6 Å². The Labute approximate surface area is 94.3 Å². The highest BCUT2D eigenvalue weighted by Crippen LogP contribution is 2.20.